The zero-order chi connectivity index (χ0) is 17.6. The molecular formula is C21H17NO3. The molecule has 124 valence electrons. The Morgan fingerprint density at radius 3 is 2.28 bits per heavy atom. The number of hydrogen-bond acceptors (Lipinski definition) is 2. The monoisotopic (exact) mass is 331 g/mol. The zero-order valence-corrected chi connectivity index (χ0v) is 13.5. The van der Waals surface area contributed by atoms with Crippen molar-refractivity contribution in [1.29, 1.82) is 0 Å². The predicted molar refractivity (Wildman–Crippen MR) is 97.8 cm³/mol. The molecule has 3 aromatic carbocycles. The second-order valence-electron chi connectivity index (χ2n) is 5.67. The number of carbonyl (C=O) groups is 2. The van der Waals surface area contributed by atoms with E-state index in [1.165, 1.54) is 0 Å². The van der Waals surface area contributed by atoms with Crippen LogP contribution in [0.4, 0.5) is 0 Å². The number of nitrogens with one attached hydrogen (secondary N) is 1. The highest BCUT2D eigenvalue weighted by Crippen LogP contribution is 2.17. The molecule has 0 unspecified atom stereocenters. The molecule has 0 aliphatic heterocycles. The van der Waals surface area contributed by atoms with E-state index in [1.54, 1.807) is 24.3 Å². The van der Waals surface area contributed by atoms with Crippen LogP contribution in [-0.2, 0) is 16.0 Å². The minimum absolute atomic E-state index is 0.175. The summed E-state index contributed by atoms with van der Waals surface area (Å²) in [6, 6.07) is 22.7. The molecule has 0 aliphatic rings. The van der Waals surface area contributed by atoms with Gasteiger partial charge in [-0.1, -0.05) is 72.8 Å². The first-order valence-corrected chi connectivity index (χ1v) is 7.89. The van der Waals surface area contributed by atoms with Gasteiger partial charge in [-0.3, -0.25) is 4.79 Å². The van der Waals surface area contributed by atoms with Gasteiger partial charge in [0, 0.05) is 6.08 Å². The van der Waals surface area contributed by atoms with Gasteiger partial charge >= 0.3 is 5.97 Å². The number of amides is 1. The van der Waals surface area contributed by atoms with Crippen LogP contribution in [0.25, 0.3) is 16.5 Å². The molecule has 3 aromatic rings. The van der Waals surface area contributed by atoms with Crippen LogP contribution in [0, 0.1) is 0 Å². The van der Waals surface area contributed by atoms with Crippen molar-refractivity contribution in [2.24, 2.45) is 0 Å². The van der Waals surface area contributed by atoms with Crippen LogP contribution in [-0.4, -0.2) is 17.0 Å². The Hall–Kier alpha value is -3.40. The zero-order valence-electron chi connectivity index (χ0n) is 13.5. The largest absolute Gasteiger partial charge is 0.478 e. The number of carboxylic acid groups (broad SMARTS) is 1. The van der Waals surface area contributed by atoms with Gasteiger partial charge in [0.05, 0.1) is 12.1 Å². The summed E-state index contributed by atoms with van der Waals surface area (Å²) in [6.45, 7) is 0. The lowest BCUT2D eigenvalue weighted by Gasteiger charge is -2.10. The maximum Gasteiger partial charge on any atom is 0.330 e. The second-order valence-corrected chi connectivity index (χ2v) is 5.67. The van der Waals surface area contributed by atoms with E-state index in [9.17, 15) is 9.59 Å². The average molecular weight is 331 g/mol. The van der Waals surface area contributed by atoms with Gasteiger partial charge in [-0.2, -0.15) is 0 Å². The van der Waals surface area contributed by atoms with E-state index in [0.29, 0.717) is 5.56 Å². The minimum Gasteiger partial charge on any atom is -0.478 e. The molecule has 0 bridgehead atoms. The van der Waals surface area contributed by atoms with Crippen molar-refractivity contribution < 1.29 is 14.7 Å². The summed E-state index contributed by atoms with van der Waals surface area (Å²) < 4.78 is 0. The Morgan fingerprint density at radius 1 is 0.880 bits per heavy atom. The number of rotatable bonds is 5. The molecule has 0 spiro atoms. The minimum atomic E-state index is -1.11. The van der Waals surface area contributed by atoms with Gasteiger partial charge in [0.2, 0.25) is 5.91 Å². The van der Waals surface area contributed by atoms with Crippen molar-refractivity contribution in [2.75, 3.05) is 0 Å². The lowest BCUT2D eigenvalue weighted by atomic mass is 10.0. The van der Waals surface area contributed by atoms with Gasteiger partial charge in [-0.25, -0.2) is 4.79 Å². The quantitative estimate of drug-likeness (QED) is 0.702. The van der Waals surface area contributed by atoms with Crippen molar-refractivity contribution in [3.8, 4) is 0 Å². The van der Waals surface area contributed by atoms with E-state index >= 15 is 0 Å². The van der Waals surface area contributed by atoms with Gasteiger partial charge in [0.25, 0.3) is 0 Å². The molecule has 3 rings (SSSR count). The summed E-state index contributed by atoms with van der Waals surface area (Å²) in [5.41, 5.74) is 1.80. The van der Waals surface area contributed by atoms with E-state index in [4.69, 9.17) is 5.11 Å². The Bertz CT molecular complexity index is 946. The topological polar surface area (TPSA) is 66.4 Å². The summed E-state index contributed by atoms with van der Waals surface area (Å²) in [4.78, 5) is 23.4. The summed E-state index contributed by atoms with van der Waals surface area (Å²) >= 11 is 0. The lowest BCUT2D eigenvalue weighted by molar-refractivity contribution is -0.131. The summed E-state index contributed by atoms with van der Waals surface area (Å²) in [5, 5.41) is 13.9. The smallest absolute Gasteiger partial charge is 0.330 e. The lowest BCUT2D eigenvalue weighted by Crippen LogP contribution is -2.24. The summed E-state index contributed by atoms with van der Waals surface area (Å²) in [7, 11) is 0. The van der Waals surface area contributed by atoms with Crippen LogP contribution in [0.1, 0.15) is 11.1 Å². The predicted octanol–water partition coefficient (Wildman–Crippen LogP) is 3.62. The second kappa shape index (κ2) is 7.45. The van der Waals surface area contributed by atoms with E-state index in [1.807, 2.05) is 48.5 Å². The fourth-order valence-corrected chi connectivity index (χ4v) is 2.66. The number of hydrogen-bond donors (Lipinski definition) is 2. The Labute approximate surface area is 145 Å². The van der Waals surface area contributed by atoms with Crippen molar-refractivity contribution in [2.45, 2.75) is 6.42 Å². The third-order valence-electron chi connectivity index (χ3n) is 3.81. The van der Waals surface area contributed by atoms with Gasteiger partial charge in [-0.05, 0) is 21.9 Å². The fourth-order valence-electron chi connectivity index (χ4n) is 2.66. The van der Waals surface area contributed by atoms with E-state index in [-0.39, 0.29) is 18.0 Å². The van der Waals surface area contributed by atoms with E-state index < -0.39 is 5.97 Å². The molecule has 4 heteroatoms. The van der Waals surface area contributed by atoms with Crippen molar-refractivity contribution in [3.63, 3.8) is 0 Å². The van der Waals surface area contributed by atoms with Crippen molar-refractivity contribution in [3.05, 3.63) is 90.0 Å². The SMILES string of the molecule is O=C(O)/C=C(\NC(=O)Cc1ccc2ccccc2c1)c1ccccc1. The molecule has 0 aliphatic carbocycles. The van der Waals surface area contributed by atoms with Crippen LogP contribution in [0.5, 0.6) is 0 Å². The van der Waals surface area contributed by atoms with Gasteiger partial charge in [0.15, 0.2) is 0 Å². The Kier molecular flexibility index (Phi) is 4.90. The molecule has 0 heterocycles. The highest BCUT2D eigenvalue weighted by Gasteiger charge is 2.10. The maximum atomic E-state index is 12.4. The number of carbonyl (C=O) groups excluding carboxylic acids is 1. The van der Waals surface area contributed by atoms with Crippen LogP contribution < -0.4 is 5.32 Å². The number of aliphatic carboxylic acids is 1. The summed E-state index contributed by atoms with van der Waals surface area (Å²) in [5.74, 6) is -1.36. The molecule has 0 atom stereocenters. The molecule has 1 amide bonds. The highest BCUT2D eigenvalue weighted by atomic mass is 16.4. The van der Waals surface area contributed by atoms with Crippen LogP contribution in [0.3, 0.4) is 0 Å². The molecule has 4 nitrogen and oxygen atoms in total. The molecule has 0 fully saturated rings. The third-order valence-corrected chi connectivity index (χ3v) is 3.81. The number of fused-ring (bicyclic) bond motifs is 1. The van der Waals surface area contributed by atoms with Gasteiger partial charge in [0.1, 0.15) is 0 Å². The molecule has 25 heavy (non-hydrogen) atoms. The van der Waals surface area contributed by atoms with Crippen molar-refractivity contribution >= 4 is 28.3 Å². The molecule has 2 N–H and O–H groups in total. The first-order chi connectivity index (χ1) is 12.1. The van der Waals surface area contributed by atoms with Crippen molar-refractivity contribution in [1.82, 2.24) is 5.32 Å². The van der Waals surface area contributed by atoms with Gasteiger partial charge in [-0.15, -0.1) is 0 Å². The molecule has 0 saturated heterocycles. The van der Waals surface area contributed by atoms with Crippen LogP contribution in [0.2, 0.25) is 0 Å². The number of carboxylic acids is 1. The average Bonchev–Trinajstić information content (AvgIpc) is 2.61. The Morgan fingerprint density at radius 2 is 1.56 bits per heavy atom. The fraction of sp³-hybridized carbons (Fsp3) is 0.0476. The first kappa shape index (κ1) is 16.5. The third kappa shape index (κ3) is 4.32. The first-order valence-electron chi connectivity index (χ1n) is 7.89. The normalized spacial score (nSPS) is 11.3. The molecular weight excluding hydrogens is 314 g/mol. The molecule has 0 radical (unpaired) electrons. The summed E-state index contributed by atoms with van der Waals surface area (Å²) in [6.07, 6.45) is 1.18. The van der Waals surface area contributed by atoms with Gasteiger partial charge < -0.3 is 10.4 Å². The molecule has 0 aromatic heterocycles. The Balaban J connectivity index is 1.78. The van der Waals surface area contributed by atoms with E-state index in [0.717, 1.165) is 22.4 Å². The van der Waals surface area contributed by atoms with Crippen LogP contribution in [0.15, 0.2) is 78.9 Å². The van der Waals surface area contributed by atoms with E-state index in [2.05, 4.69) is 5.32 Å². The number of benzene rings is 3. The molecule has 0 saturated carbocycles. The highest BCUT2D eigenvalue weighted by molar-refractivity contribution is 5.96. The van der Waals surface area contributed by atoms with Crippen LogP contribution >= 0.6 is 0 Å². The standard InChI is InChI=1S/C21H17NO3/c23-20(13-15-10-11-16-6-4-5-9-18(16)12-15)22-19(14-21(24)25)17-7-2-1-3-8-17/h1-12,14H,13H2,(H,22,23)(H,24,25)/b19-14-. The maximum absolute atomic E-state index is 12.4.